The Morgan fingerprint density at radius 3 is 2.84 bits per heavy atom. The lowest BCUT2D eigenvalue weighted by atomic mass is 9.98. The molecule has 3 rings (SSSR count). The van der Waals surface area contributed by atoms with Crippen LogP contribution in [-0.2, 0) is 9.53 Å². The molecule has 5 heteroatoms. The lowest BCUT2D eigenvalue weighted by Crippen LogP contribution is -2.49. The van der Waals surface area contributed by atoms with E-state index in [4.69, 9.17) is 4.74 Å². The van der Waals surface area contributed by atoms with E-state index in [-0.39, 0.29) is 6.10 Å². The predicted octanol–water partition coefficient (Wildman–Crippen LogP) is 1.11. The summed E-state index contributed by atoms with van der Waals surface area (Å²) in [5, 5.41) is 3.25. The van der Waals surface area contributed by atoms with Crippen LogP contribution in [0.2, 0.25) is 0 Å². The number of nitrogens with one attached hydrogen (secondary N) is 1. The molecule has 4 nitrogen and oxygen atoms in total. The minimum atomic E-state index is 0.286. The molecule has 0 radical (unpaired) electrons. The molecule has 19 heavy (non-hydrogen) atoms. The van der Waals surface area contributed by atoms with E-state index in [1.165, 1.54) is 5.75 Å². The van der Waals surface area contributed by atoms with Gasteiger partial charge in [0.1, 0.15) is 0 Å². The molecule has 3 heterocycles. The molecule has 108 valence electrons. The lowest BCUT2D eigenvalue weighted by Gasteiger charge is -2.34. The van der Waals surface area contributed by atoms with Crippen molar-refractivity contribution in [1.29, 1.82) is 0 Å². The third kappa shape index (κ3) is 3.44. The van der Waals surface area contributed by atoms with Crippen molar-refractivity contribution in [3.63, 3.8) is 0 Å². The molecule has 0 aromatic rings. The Hall–Kier alpha value is -0.260. The van der Waals surface area contributed by atoms with Crippen molar-refractivity contribution in [3.8, 4) is 0 Å². The highest BCUT2D eigenvalue weighted by atomic mass is 32.2. The van der Waals surface area contributed by atoms with Crippen LogP contribution in [0.1, 0.15) is 25.7 Å². The summed E-state index contributed by atoms with van der Waals surface area (Å²) in [6.45, 7) is 3.72. The van der Waals surface area contributed by atoms with Crippen LogP contribution in [0.5, 0.6) is 0 Å². The van der Waals surface area contributed by atoms with E-state index in [2.05, 4.69) is 10.2 Å². The number of rotatable bonds is 5. The van der Waals surface area contributed by atoms with Crippen molar-refractivity contribution in [2.45, 2.75) is 37.8 Å². The second kappa shape index (κ2) is 6.46. The zero-order valence-corrected chi connectivity index (χ0v) is 12.3. The minimum Gasteiger partial charge on any atom is -0.376 e. The Bertz CT molecular complexity index is 311. The molecule has 0 bridgehead atoms. The van der Waals surface area contributed by atoms with Gasteiger partial charge in [0, 0.05) is 31.4 Å². The van der Waals surface area contributed by atoms with Gasteiger partial charge in [-0.05, 0) is 44.0 Å². The van der Waals surface area contributed by atoms with Gasteiger partial charge in [-0.2, -0.15) is 11.8 Å². The van der Waals surface area contributed by atoms with Crippen molar-refractivity contribution in [3.05, 3.63) is 0 Å². The van der Waals surface area contributed by atoms with E-state index in [1.807, 2.05) is 11.8 Å². The number of carbonyl (C=O) groups excluding carboxylic acids is 1. The summed E-state index contributed by atoms with van der Waals surface area (Å²) < 4.78 is 5.73. The monoisotopic (exact) mass is 284 g/mol. The van der Waals surface area contributed by atoms with Crippen LogP contribution in [0.15, 0.2) is 0 Å². The Balaban J connectivity index is 1.58. The molecule has 2 unspecified atom stereocenters. The van der Waals surface area contributed by atoms with Crippen molar-refractivity contribution >= 4 is 17.7 Å². The van der Waals surface area contributed by atoms with Gasteiger partial charge in [0.15, 0.2) is 0 Å². The molecule has 0 aliphatic carbocycles. The zero-order valence-electron chi connectivity index (χ0n) is 11.5. The van der Waals surface area contributed by atoms with E-state index in [9.17, 15) is 4.79 Å². The lowest BCUT2D eigenvalue weighted by molar-refractivity contribution is -0.136. The molecule has 0 saturated carbocycles. The third-order valence-corrected chi connectivity index (χ3v) is 5.57. The van der Waals surface area contributed by atoms with Gasteiger partial charge >= 0.3 is 0 Å². The molecule has 3 fully saturated rings. The SMILES string of the molecule is O=C(CC1CNC1)N(CC1CCCO1)C1CCSC1. The number of hydrogen-bond acceptors (Lipinski definition) is 4. The van der Waals surface area contributed by atoms with Gasteiger partial charge in [-0.15, -0.1) is 0 Å². The van der Waals surface area contributed by atoms with Crippen LogP contribution < -0.4 is 5.32 Å². The molecule has 0 aromatic carbocycles. The van der Waals surface area contributed by atoms with Crippen LogP contribution in [0.25, 0.3) is 0 Å². The van der Waals surface area contributed by atoms with E-state index < -0.39 is 0 Å². The minimum absolute atomic E-state index is 0.286. The summed E-state index contributed by atoms with van der Waals surface area (Å²) >= 11 is 1.98. The third-order valence-electron chi connectivity index (χ3n) is 4.42. The fourth-order valence-electron chi connectivity index (χ4n) is 3.09. The van der Waals surface area contributed by atoms with Gasteiger partial charge in [-0.1, -0.05) is 0 Å². The number of thioether (sulfide) groups is 1. The standard InChI is InChI=1S/C14H24N2O2S/c17-14(6-11-7-15-8-11)16(12-3-5-19-10-12)9-13-2-1-4-18-13/h11-13,15H,1-10H2. The van der Waals surface area contributed by atoms with Crippen molar-refractivity contribution in [1.82, 2.24) is 10.2 Å². The number of nitrogens with zero attached hydrogens (tertiary/aromatic N) is 1. The summed E-state index contributed by atoms with van der Waals surface area (Å²) in [4.78, 5) is 14.7. The molecule has 0 spiro atoms. The number of hydrogen-bond donors (Lipinski definition) is 1. The Morgan fingerprint density at radius 2 is 2.26 bits per heavy atom. The molecule has 1 N–H and O–H groups in total. The van der Waals surface area contributed by atoms with Crippen molar-refractivity contribution in [2.75, 3.05) is 37.7 Å². The van der Waals surface area contributed by atoms with Gasteiger partial charge in [-0.25, -0.2) is 0 Å². The van der Waals surface area contributed by atoms with Crippen LogP contribution in [0, 0.1) is 5.92 Å². The molecule has 3 aliphatic rings. The largest absolute Gasteiger partial charge is 0.376 e. The maximum atomic E-state index is 12.6. The normalized spacial score (nSPS) is 31.4. The second-order valence-electron chi connectivity index (χ2n) is 5.93. The highest BCUT2D eigenvalue weighted by Gasteiger charge is 2.32. The summed E-state index contributed by atoms with van der Waals surface area (Å²) in [5.41, 5.74) is 0. The quantitative estimate of drug-likeness (QED) is 0.821. The molecule has 0 aromatic heterocycles. The first-order valence-electron chi connectivity index (χ1n) is 7.52. The van der Waals surface area contributed by atoms with Gasteiger partial charge < -0.3 is 15.0 Å². The molecule has 1 amide bonds. The van der Waals surface area contributed by atoms with Gasteiger partial charge in [-0.3, -0.25) is 4.79 Å². The average Bonchev–Trinajstić information content (AvgIpc) is 3.02. The van der Waals surface area contributed by atoms with Gasteiger partial charge in [0.2, 0.25) is 5.91 Å². The first kappa shape index (κ1) is 13.7. The van der Waals surface area contributed by atoms with Crippen LogP contribution in [-0.4, -0.2) is 60.7 Å². The first-order valence-corrected chi connectivity index (χ1v) is 8.68. The smallest absolute Gasteiger partial charge is 0.223 e. The molecular formula is C14H24N2O2S. The van der Waals surface area contributed by atoms with Gasteiger partial charge in [0.05, 0.1) is 6.10 Å². The fourth-order valence-corrected chi connectivity index (χ4v) is 4.31. The second-order valence-corrected chi connectivity index (χ2v) is 7.08. The van der Waals surface area contributed by atoms with Gasteiger partial charge in [0.25, 0.3) is 0 Å². The highest BCUT2D eigenvalue weighted by molar-refractivity contribution is 7.99. The summed E-state index contributed by atoms with van der Waals surface area (Å²) in [7, 11) is 0. The predicted molar refractivity (Wildman–Crippen MR) is 77.4 cm³/mol. The van der Waals surface area contributed by atoms with Crippen LogP contribution >= 0.6 is 11.8 Å². The van der Waals surface area contributed by atoms with Crippen LogP contribution in [0.4, 0.5) is 0 Å². The Morgan fingerprint density at radius 1 is 1.37 bits per heavy atom. The Kier molecular flexibility index (Phi) is 4.66. The van der Waals surface area contributed by atoms with Crippen LogP contribution in [0.3, 0.4) is 0 Å². The van der Waals surface area contributed by atoms with Crippen molar-refractivity contribution in [2.24, 2.45) is 5.92 Å². The summed E-state index contributed by atoms with van der Waals surface area (Å²) in [6.07, 6.45) is 4.44. The maximum absolute atomic E-state index is 12.6. The number of amides is 1. The first-order chi connectivity index (χ1) is 9.33. The molecular weight excluding hydrogens is 260 g/mol. The van der Waals surface area contributed by atoms with E-state index in [0.29, 0.717) is 17.9 Å². The Labute approximate surface area is 119 Å². The molecule has 3 aliphatic heterocycles. The average molecular weight is 284 g/mol. The van der Waals surface area contributed by atoms with E-state index in [1.54, 1.807) is 0 Å². The summed E-state index contributed by atoms with van der Waals surface area (Å²) in [5.74, 6) is 3.23. The van der Waals surface area contributed by atoms with E-state index in [0.717, 1.165) is 57.7 Å². The highest BCUT2D eigenvalue weighted by Crippen LogP contribution is 2.26. The summed E-state index contributed by atoms with van der Waals surface area (Å²) in [6, 6.07) is 0.453. The maximum Gasteiger partial charge on any atom is 0.223 e. The fraction of sp³-hybridized carbons (Fsp3) is 0.929. The van der Waals surface area contributed by atoms with Crippen molar-refractivity contribution < 1.29 is 9.53 Å². The number of ether oxygens (including phenoxy) is 1. The topological polar surface area (TPSA) is 41.6 Å². The number of carbonyl (C=O) groups is 1. The zero-order chi connectivity index (χ0) is 13.1. The molecule has 3 saturated heterocycles. The molecule has 2 atom stereocenters. The van der Waals surface area contributed by atoms with E-state index >= 15 is 0 Å².